The Kier molecular flexibility index (Phi) is 8.02. The number of nitrogens with one attached hydrogen (secondary N) is 3. The molecule has 0 aromatic rings. The van der Waals surface area contributed by atoms with Gasteiger partial charge in [0.2, 0.25) is 17.7 Å². The first-order chi connectivity index (χ1) is 10.1. The third-order valence-corrected chi connectivity index (χ3v) is 2.68. The second-order valence-corrected chi connectivity index (χ2v) is 4.80. The lowest BCUT2D eigenvalue weighted by Gasteiger charge is -2.20. The number of amides is 3. The zero-order chi connectivity index (χ0) is 17.4. The van der Waals surface area contributed by atoms with Crippen LogP contribution in [0, 0.1) is 0 Å². The van der Waals surface area contributed by atoms with Crippen molar-refractivity contribution in [3.05, 3.63) is 0 Å². The fraction of sp³-hybridized carbons (Fsp3) is 0.667. The molecule has 3 amide bonds. The molecule has 0 rings (SSSR count). The van der Waals surface area contributed by atoms with Crippen LogP contribution in [-0.4, -0.2) is 59.6 Å². The molecule has 0 bridgehead atoms. The van der Waals surface area contributed by atoms with Crippen LogP contribution in [0.25, 0.3) is 0 Å². The second kappa shape index (κ2) is 8.93. The molecule has 6 N–H and O–H groups in total. The maximum atomic E-state index is 12.8. The summed E-state index contributed by atoms with van der Waals surface area (Å²) in [6.45, 7) is 2.74. The average molecular weight is 320 g/mol. The first-order valence-electron chi connectivity index (χ1n) is 6.55. The minimum Gasteiger partial charge on any atom is -0.480 e. The van der Waals surface area contributed by atoms with E-state index in [1.807, 2.05) is 0 Å². The van der Waals surface area contributed by atoms with Crippen molar-refractivity contribution in [2.24, 2.45) is 5.73 Å². The van der Waals surface area contributed by atoms with Crippen molar-refractivity contribution in [2.75, 3.05) is 6.67 Å². The van der Waals surface area contributed by atoms with Crippen molar-refractivity contribution >= 4 is 23.7 Å². The third-order valence-electron chi connectivity index (χ3n) is 2.68. The fourth-order valence-electron chi connectivity index (χ4n) is 1.26. The van der Waals surface area contributed by atoms with Crippen molar-refractivity contribution in [1.82, 2.24) is 16.0 Å². The number of hydrogen-bond donors (Lipinski definition) is 5. The zero-order valence-electron chi connectivity index (χ0n) is 12.6. The Morgan fingerprint density at radius 1 is 0.955 bits per heavy atom. The van der Waals surface area contributed by atoms with E-state index in [9.17, 15) is 23.6 Å². The number of rotatable bonds is 8. The van der Waals surface area contributed by atoms with E-state index in [2.05, 4.69) is 16.0 Å². The summed E-state index contributed by atoms with van der Waals surface area (Å²) in [6, 6.07) is -4.64. The van der Waals surface area contributed by atoms with Gasteiger partial charge in [-0.05, 0) is 20.8 Å². The van der Waals surface area contributed by atoms with Gasteiger partial charge < -0.3 is 26.8 Å². The summed E-state index contributed by atoms with van der Waals surface area (Å²) >= 11 is 0. The highest BCUT2D eigenvalue weighted by Crippen LogP contribution is 1.92. The number of carboxylic acids is 1. The Balaban J connectivity index is 4.57. The number of halogens is 1. The Labute approximate surface area is 126 Å². The van der Waals surface area contributed by atoms with E-state index in [0.29, 0.717) is 0 Å². The number of nitrogens with two attached hydrogens (primary N) is 1. The quantitative estimate of drug-likeness (QED) is 0.345. The molecule has 0 radical (unpaired) electrons. The minimum atomic E-state index is -1.48. The molecule has 0 aliphatic carbocycles. The maximum absolute atomic E-state index is 12.8. The van der Waals surface area contributed by atoms with Gasteiger partial charge in [-0.2, -0.15) is 0 Å². The number of aliphatic carboxylic acids is 1. The SMILES string of the molecule is C[C@H](N)C(=O)N[C@@H](CF)C(=O)N[C@@H](C)C(=O)N[C@@H](C)C(=O)O. The Morgan fingerprint density at radius 3 is 1.86 bits per heavy atom. The van der Waals surface area contributed by atoms with Gasteiger partial charge in [-0.1, -0.05) is 0 Å². The summed E-state index contributed by atoms with van der Waals surface area (Å²) in [7, 11) is 0. The monoisotopic (exact) mass is 320 g/mol. The highest BCUT2D eigenvalue weighted by Gasteiger charge is 2.26. The molecule has 0 aromatic heterocycles. The minimum absolute atomic E-state index is 0.714. The van der Waals surface area contributed by atoms with Crippen LogP contribution in [0.4, 0.5) is 4.39 Å². The number of carboxylic acid groups (broad SMARTS) is 1. The summed E-state index contributed by atoms with van der Waals surface area (Å²) < 4.78 is 12.8. The molecule has 0 unspecified atom stereocenters. The molecular formula is C12H21FN4O5. The van der Waals surface area contributed by atoms with Crippen LogP contribution < -0.4 is 21.7 Å². The van der Waals surface area contributed by atoms with E-state index in [-0.39, 0.29) is 0 Å². The van der Waals surface area contributed by atoms with Crippen molar-refractivity contribution in [1.29, 1.82) is 0 Å². The molecule has 0 spiro atoms. The third kappa shape index (κ3) is 6.48. The normalized spacial score (nSPS) is 15.9. The molecule has 22 heavy (non-hydrogen) atoms. The van der Waals surface area contributed by atoms with Gasteiger partial charge in [0, 0.05) is 0 Å². The highest BCUT2D eigenvalue weighted by atomic mass is 19.1. The topological polar surface area (TPSA) is 151 Å². The second-order valence-electron chi connectivity index (χ2n) is 4.80. The summed E-state index contributed by atoms with van der Waals surface area (Å²) in [6.07, 6.45) is 0. The lowest BCUT2D eigenvalue weighted by Crippen LogP contribution is -2.56. The lowest BCUT2D eigenvalue weighted by atomic mass is 10.2. The summed E-state index contributed by atoms with van der Waals surface area (Å²) in [5.74, 6) is -3.62. The first kappa shape index (κ1) is 19.8. The van der Waals surface area contributed by atoms with E-state index < -0.39 is 54.5 Å². The van der Waals surface area contributed by atoms with Crippen molar-refractivity contribution in [2.45, 2.75) is 44.9 Å². The number of carbonyl (C=O) groups is 4. The molecule has 0 saturated heterocycles. The van der Waals surface area contributed by atoms with Gasteiger partial charge in [-0.15, -0.1) is 0 Å². The summed E-state index contributed by atoms with van der Waals surface area (Å²) in [5, 5.41) is 15.1. The summed E-state index contributed by atoms with van der Waals surface area (Å²) in [4.78, 5) is 45.3. The predicted octanol–water partition coefficient (Wildman–Crippen LogP) is -2.12. The van der Waals surface area contributed by atoms with Crippen LogP contribution in [0.15, 0.2) is 0 Å². The van der Waals surface area contributed by atoms with Gasteiger partial charge in [0.1, 0.15) is 24.8 Å². The van der Waals surface area contributed by atoms with Gasteiger partial charge in [0.25, 0.3) is 0 Å². The number of alkyl halides is 1. The molecule has 126 valence electrons. The van der Waals surface area contributed by atoms with E-state index in [1.165, 1.54) is 20.8 Å². The van der Waals surface area contributed by atoms with Crippen molar-refractivity contribution in [3.63, 3.8) is 0 Å². The van der Waals surface area contributed by atoms with E-state index in [0.717, 1.165) is 0 Å². The molecule has 0 aliphatic heterocycles. The average Bonchev–Trinajstić information content (AvgIpc) is 2.43. The molecule has 0 aromatic carbocycles. The van der Waals surface area contributed by atoms with Crippen LogP contribution in [0.5, 0.6) is 0 Å². The standard InChI is InChI=1S/C12H21FN4O5/c1-5(14)9(18)17-8(4-13)11(20)15-6(2)10(19)16-7(3)12(21)22/h5-8H,4,14H2,1-3H3,(H,15,20)(H,16,19)(H,17,18)(H,21,22)/t5-,6-,7-,8-/m0/s1. The zero-order valence-corrected chi connectivity index (χ0v) is 12.6. The van der Waals surface area contributed by atoms with Crippen LogP contribution >= 0.6 is 0 Å². The van der Waals surface area contributed by atoms with Crippen LogP contribution in [0.3, 0.4) is 0 Å². The molecule has 9 nitrogen and oxygen atoms in total. The van der Waals surface area contributed by atoms with E-state index in [4.69, 9.17) is 10.8 Å². The predicted molar refractivity (Wildman–Crippen MR) is 74.4 cm³/mol. The Morgan fingerprint density at radius 2 is 1.45 bits per heavy atom. The van der Waals surface area contributed by atoms with Crippen molar-refractivity contribution in [3.8, 4) is 0 Å². The van der Waals surface area contributed by atoms with Gasteiger partial charge in [0.15, 0.2) is 0 Å². The van der Waals surface area contributed by atoms with Crippen LogP contribution in [0.2, 0.25) is 0 Å². The molecule has 0 heterocycles. The van der Waals surface area contributed by atoms with Gasteiger partial charge in [0.05, 0.1) is 6.04 Å². The first-order valence-corrected chi connectivity index (χ1v) is 6.55. The Hall–Kier alpha value is -2.23. The van der Waals surface area contributed by atoms with Gasteiger partial charge >= 0.3 is 5.97 Å². The largest absolute Gasteiger partial charge is 0.480 e. The number of hydrogen-bond acceptors (Lipinski definition) is 5. The number of carbonyl (C=O) groups excluding carboxylic acids is 3. The molecule has 10 heteroatoms. The van der Waals surface area contributed by atoms with Gasteiger partial charge in [-0.3, -0.25) is 19.2 Å². The van der Waals surface area contributed by atoms with Crippen LogP contribution in [0.1, 0.15) is 20.8 Å². The Bertz CT molecular complexity index is 443. The molecule has 4 atom stereocenters. The summed E-state index contributed by atoms with van der Waals surface area (Å²) in [5.41, 5.74) is 5.29. The lowest BCUT2D eigenvalue weighted by molar-refractivity contribution is -0.141. The van der Waals surface area contributed by atoms with Crippen molar-refractivity contribution < 1.29 is 28.7 Å². The van der Waals surface area contributed by atoms with Crippen LogP contribution in [-0.2, 0) is 19.2 Å². The smallest absolute Gasteiger partial charge is 0.325 e. The molecule has 0 fully saturated rings. The highest BCUT2D eigenvalue weighted by molar-refractivity contribution is 5.93. The van der Waals surface area contributed by atoms with Gasteiger partial charge in [-0.25, -0.2) is 4.39 Å². The molecular weight excluding hydrogens is 299 g/mol. The maximum Gasteiger partial charge on any atom is 0.325 e. The van der Waals surface area contributed by atoms with E-state index >= 15 is 0 Å². The fourth-order valence-corrected chi connectivity index (χ4v) is 1.26. The molecule has 0 aliphatic rings. The van der Waals surface area contributed by atoms with E-state index in [1.54, 1.807) is 0 Å². The molecule has 0 saturated carbocycles.